The molecule has 2 atom stereocenters. The molecule has 4 nitrogen and oxygen atoms in total. The van der Waals surface area contributed by atoms with E-state index in [4.69, 9.17) is 9.47 Å². The summed E-state index contributed by atoms with van der Waals surface area (Å²) in [6.45, 7) is 2.85. The molecular weight excluding hydrogens is 210 g/mol. The zero-order chi connectivity index (χ0) is 9.42. The van der Waals surface area contributed by atoms with Crippen LogP contribution in [0.4, 0.5) is 0 Å². The van der Waals surface area contributed by atoms with Crippen LogP contribution in [-0.4, -0.2) is 41.7 Å². The molecule has 74 valence electrons. The zero-order valence-corrected chi connectivity index (χ0v) is 8.88. The van der Waals surface area contributed by atoms with Gasteiger partial charge in [0.15, 0.2) is 0 Å². The minimum Gasteiger partial charge on any atom is -0.338 e. The van der Waals surface area contributed by atoms with Crippen LogP contribution in [0.5, 0.6) is 0 Å². The maximum atomic E-state index is 11.0. The minimum absolute atomic E-state index is 0.0357. The van der Waals surface area contributed by atoms with Gasteiger partial charge in [0.25, 0.3) is 0 Å². The topological polar surface area (TPSA) is 38.8 Å². The number of nitrogens with zero attached hydrogens (tertiary/aromatic N) is 1. The number of ether oxygens (including phenoxy) is 2. The highest BCUT2D eigenvalue weighted by Gasteiger charge is 2.43. The standard InChI is InChI=1S/C7H11NO3S2/c1-4(9)8-2-5-6(3-8)11-7(10-5)13-12/h5-7,12H,2-3H2,1H3. The van der Waals surface area contributed by atoms with E-state index in [0.29, 0.717) is 13.1 Å². The van der Waals surface area contributed by atoms with Crippen molar-refractivity contribution in [1.29, 1.82) is 0 Å². The van der Waals surface area contributed by atoms with E-state index in [9.17, 15) is 4.79 Å². The Labute approximate surface area is 85.7 Å². The lowest BCUT2D eigenvalue weighted by atomic mass is 10.3. The second kappa shape index (κ2) is 3.68. The van der Waals surface area contributed by atoms with Crippen LogP contribution in [-0.2, 0) is 14.3 Å². The molecule has 0 aromatic carbocycles. The van der Waals surface area contributed by atoms with Crippen molar-refractivity contribution in [2.45, 2.75) is 24.8 Å². The van der Waals surface area contributed by atoms with Gasteiger partial charge in [-0.05, 0) is 10.8 Å². The minimum atomic E-state index is -0.271. The molecule has 0 spiro atoms. The third kappa shape index (κ3) is 1.81. The maximum Gasteiger partial charge on any atom is 0.219 e. The van der Waals surface area contributed by atoms with E-state index in [1.165, 1.54) is 10.8 Å². The molecule has 0 saturated carbocycles. The quantitative estimate of drug-likeness (QED) is 0.517. The summed E-state index contributed by atoms with van der Waals surface area (Å²) in [4.78, 5) is 12.8. The Morgan fingerprint density at radius 1 is 1.46 bits per heavy atom. The molecule has 2 aliphatic rings. The number of likely N-dealkylation sites (tertiary alicyclic amines) is 1. The first-order valence-electron chi connectivity index (χ1n) is 4.07. The summed E-state index contributed by atoms with van der Waals surface area (Å²) >= 11 is 4.01. The molecule has 6 heteroatoms. The Kier molecular flexibility index (Phi) is 2.73. The first-order valence-corrected chi connectivity index (χ1v) is 6.00. The lowest BCUT2D eigenvalue weighted by Gasteiger charge is -2.15. The first-order chi connectivity index (χ1) is 6.20. The van der Waals surface area contributed by atoms with Crippen LogP contribution in [0.3, 0.4) is 0 Å². The van der Waals surface area contributed by atoms with Gasteiger partial charge in [0.1, 0.15) is 12.2 Å². The zero-order valence-electron chi connectivity index (χ0n) is 7.17. The second-order valence-electron chi connectivity index (χ2n) is 3.17. The van der Waals surface area contributed by atoms with E-state index in [-0.39, 0.29) is 23.7 Å². The highest BCUT2D eigenvalue weighted by molar-refractivity contribution is 8.68. The second-order valence-corrected chi connectivity index (χ2v) is 4.40. The summed E-state index contributed by atoms with van der Waals surface area (Å²) in [7, 11) is 1.25. The number of hydrogen-bond acceptors (Lipinski definition) is 5. The molecule has 2 heterocycles. The summed E-state index contributed by atoms with van der Waals surface area (Å²) in [5, 5.41) is 0. The van der Waals surface area contributed by atoms with Gasteiger partial charge in [-0.25, -0.2) is 0 Å². The molecule has 0 aromatic rings. The van der Waals surface area contributed by atoms with Crippen LogP contribution in [0.25, 0.3) is 0 Å². The molecule has 0 aliphatic carbocycles. The Morgan fingerprint density at radius 3 is 2.38 bits per heavy atom. The Hall–Kier alpha value is 0.0900. The normalized spacial score (nSPS) is 38.0. The van der Waals surface area contributed by atoms with Crippen molar-refractivity contribution in [2.24, 2.45) is 0 Å². The van der Waals surface area contributed by atoms with Crippen LogP contribution >= 0.6 is 22.5 Å². The van der Waals surface area contributed by atoms with Gasteiger partial charge in [-0.1, -0.05) is 0 Å². The Balaban J connectivity index is 1.93. The van der Waals surface area contributed by atoms with Crippen molar-refractivity contribution >= 4 is 28.4 Å². The summed E-state index contributed by atoms with van der Waals surface area (Å²) in [5.74, 6) is 0.0803. The molecule has 2 rings (SSSR count). The molecule has 2 saturated heterocycles. The molecule has 13 heavy (non-hydrogen) atoms. The third-order valence-corrected chi connectivity index (χ3v) is 3.23. The summed E-state index contributed by atoms with van der Waals surface area (Å²) < 4.78 is 11.0. The molecule has 2 aliphatic heterocycles. The molecule has 0 bridgehead atoms. The van der Waals surface area contributed by atoms with E-state index in [2.05, 4.69) is 11.7 Å². The van der Waals surface area contributed by atoms with Crippen LogP contribution < -0.4 is 0 Å². The van der Waals surface area contributed by atoms with Crippen LogP contribution in [0.2, 0.25) is 0 Å². The molecule has 0 radical (unpaired) electrons. The van der Waals surface area contributed by atoms with E-state index in [0.717, 1.165) is 0 Å². The van der Waals surface area contributed by atoms with Gasteiger partial charge >= 0.3 is 0 Å². The van der Waals surface area contributed by atoms with Gasteiger partial charge < -0.3 is 14.4 Å². The number of hydrogen-bond donors (Lipinski definition) is 1. The third-order valence-electron chi connectivity index (χ3n) is 2.32. The van der Waals surface area contributed by atoms with Crippen molar-refractivity contribution in [3.63, 3.8) is 0 Å². The number of fused-ring (bicyclic) bond motifs is 1. The average molecular weight is 221 g/mol. The Morgan fingerprint density at radius 2 is 2.00 bits per heavy atom. The molecule has 2 fully saturated rings. The Bertz CT molecular complexity index is 212. The molecule has 1 amide bonds. The maximum absolute atomic E-state index is 11.0. The number of carbonyl (C=O) groups excluding carboxylic acids is 1. The summed E-state index contributed by atoms with van der Waals surface area (Å²) in [6.07, 6.45) is 0.0714. The number of thiol groups is 1. The smallest absolute Gasteiger partial charge is 0.219 e. The van der Waals surface area contributed by atoms with Gasteiger partial charge in [-0.15, -0.1) is 11.7 Å². The van der Waals surface area contributed by atoms with E-state index in [1.54, 1.807) is 11.8 Å². The van der Waals surface area contributed by atoms with Gasteiger partial charge in [0, 0.05) is 20.0 Å². The monoisotopic (exact) mass is 221 g/mol. The predicted octanol–water partition coefficient (Wildman–Crippen LogP) is 0.494. The first kappa shape index (κ1) is 9.64. The van der Waals surface area contributed by atoms with Gasteiger partial charge in [0.05, 0.1) is 0 Å². The molecular formula is C7H11NO3S2. The lowest BCUT2D eigenvalue weighted by molar-refractivity contribution is -0.130. The molecule has 0 aromatic heterocycles. The fourth-order valence-corrected chi connectivity index (χ4v) is 2.31. The molecule has 0 N–H and O–H groups in total. The van der Waals surface area contributed by atoms with E-state index < -0.39 is 0 Å². The fraction of sp³-hybridized carbons (Fsp3) is 0.857. The van der Waals surface area contributed by atoms with Gasteiger partial charge in [-0.3, -0.25) is 4.79 Å². The number of rotatable bonds is 1. The molecule has 2 unspecified atom stereocenters. The number of amides is 1. The van der Waals surface area contributed by atoms with Crippen LogP contribution in [0.15, 0.2) is 0 Å². The van der Waals surface area contributed by atoms with E-state index in [1.807, 2.05) is 0 Å². The predicted molar refractivity (Wildman–Crippen MR) is 52.4 cm³/mol. The highest BCUT2D eigenvalue weighted by Crippen LogP contribution is 2.32. The van der Waals surface area contributed by atoms with Crippen LogP contribution in [0.1, 0.15) is 6.92 Å². The van der Waals surface area contributed by atoms with Crippen molar-refractivity contribution in [1.82, 2.24) is 4.90 Å². The average Bonchev–Trinajstić information content (AvgIpc) is 2.58. The largest absolute Gasteiger partial charge is 0.338 e. The van der Waals surface area contributed by atoms with E-state index >= 15 is 0 Å². The highest BCUT2D eigenvalue weighted by atomic mass is 33.1. The SMILES string of the molecule is CC(=O)N1CC2OC(SS)OC2C1. The van der Waals surface area contributed by atoms with Crippen LogP contribution in [0, 0.1) is 0 Å². The van der Waals surface area contributed by atoms with Crippen molar-refractivity contribution < 1.29 is 14.3 Å². The fourth-order valence-electron chi connectivity index (χ4n) is 1.63. The summed E-state index contributed by atoms with van der Waals surface area (Å²) in [5.41, 5.74) is -0.271. The van der Waals surface area contributed by atoms with Crippen molar-refractivity contribution in [3.8, 4) is 0 Å². The number of carbonyl (C=O) groups is 1. The summed E-state index contributed by atoms with van der Waals surface area (Å²) in [6, 6.07) is 0. The van der Waals surface area contributed by atoms with Gasteiger partial charge in [-0.2, -0.15) is 0 Å². The van der Waals surface area contributed by atoms with Gasteiger partial charge in [0.2, 0.25) is 11.5 Å². The van der Waals surface area contributed by atoms with Crippen molar-refractivity contribution in [3.05, 3.63) is 0 Å². The lowest BCUT2D eigenvalue weighted by Crippen LogP contribution is -2.29. The van der Waals surface area contributed by atoms with Crippen molar-refractivity contribution in [2.75, 3.05) is 13.1 Å².